The number of benzene rings is 1. The fraction of sp³-hybridized carbons (Fsp3) is 0.316. The lowest BCUT2D eigenvalue weighted by atomic mass is 10.3. The van der Waals surface area contributed by atoms with Gasteiger partial charge in [-0.25, -0.2) is 0 Å². The van der Waals surface area contributed by atoms with Crippen molar-refractivity contribution in [2.45, 2.75) is 4.90 Å². The third kappa shape index (κ3) is 5.63. The predicted octanol–water partition coefficient (Wildman–Crippen LogP) is 3.86. The molecule has 1 aromatic heterocycles. The van der Waals surface area contributed by atoms with Crippen molar-refractivity contribution < 1.29 is 23.5 Å². The Labute approximate surface area is 192 Å². The molecule has 0 unspecified atom stereocenters. The molecule has 0 bridgehead atoms. The quantitative estimate of drug-likeness (QED) is 0.347. The van der Waals surface area contributed by atoms with E-state index in [1.807, 2.05) is 0 Å². The maximum Gasteiger partial charge on any atom is 0.316 e. The Morgan fingerprint density at radius 1 is 1.00 bits per heavy atom. The first kappa shape index (κ1) is 22.8. The molecule has 11 heteroatoms. The first-order valence-corrected chi connectivity index (χ1v) is 11.0. The van der Waals surface area contributed by atoms with Crippen LogP contribution in [0.2, 0.25) is 15.1 Å². The zero-order valence-corrected chi connectivity index (χ0v) is 18.7. The Kier molecular flexibility index (Phi) is 7.93. The summed E-state index contributed by atoms with van der Waals surface area (Å²) in [4.78, 5) is 40.2. The molecule has 0 atom stereocenters. The molecule has 3 rings (SSSR count). The van der Waals surface area contributed by atoms with E-state index in [1.54, 1.807) is 34.1 Å². The van der Waals surface area contributed by atoms with Gasteiger partial charge in [-0.1, -0.05) is 34.8 Å². The summed E-state index contributed by atoms with van der Waals surface area (Å²) in [6.07, 6.45) is 1.44. The van der Waals surface area contributed by atoms with Crippen molar-refractivity contribution in [3.8, 4) is 0 Å². The number of nitrogens with zero attached hydrogens (tertiary/aromatic N) is 2. The van der Waals surface area contributed by atoms with Gasteiger partial charge in [0.2, 0.25) is 0 Å². The molecule has 1 fully saturated rings. The number of amides is 2. The molecule has 0 saturated carbocycles. The minimum atomic E-state index is -0.554. The molecule has 1 aromatic carbocycles. The lowest BCUT2D eigenvalue weighted by molar-refractivity contribution is -0.150. The molecule has 0 aliphatic carbocycles. The summed E-state index contributed by atoms with van der Waals surface area (Å²) in [5.74, 6) is -0.843. The number of furan rings is 1. The Morgan fingerprint density at radius 2 is 1.70 bits per heavy atom. The van der Waals surface area contributed by atoms with Crippen molar-refractivity contribution in [1.29, 1.82) is 0 Å². The maximum absolute atomic E-state index is 12.3. The molecule has 0 spiro atoms. The molecule has 1 saturated heterocycles. The Balaban J connectivity index is 1.40. The number of carbonyl (C=O) groups is 3. The smallest absolute Gasteiger partial charge is 0.316 e. The van der Waals surface area contributed by atoms with E-state index in [2.05, 4.69) is 0 Å². The van der Waals surface area contributed by atoms with E-state index in [-0.39, 0.29) is 40.0 Å². The van der Waals surface area contributed by atoms with Gasteiger partial charge in [-0.2, -0.15) is 0 Å². The van der Waals surface area contributed by atoms with Crippen LogP contribution in [0.5, 0.6) is 0 Å². The number of rotatable bonds is 6. The summed E-state index contributed by atoms with van der Waals surface area (Å²) in [5, 5.41) is 0.807. The van der Waals surface area contributed by atoms with Crippen LogP contribution in [0.4, 0.5) is 0 Å². The first-order valence-electron chi connectivity index (χ1n) is 8.89. The SMILES string of the molecule is O=C(CSc1ccc(Cl)c(Cl)c1Cl)OCC(=O)N1CCN(C(=O)c2ccco2)CC1. The largest absolute Gasteiger partial charge is 0.459 e. The highest BCUT2D eigenvalue weighted by molar-refractivity contribution is 8.00. The molecule has 7 nitrogen and oxygen atoms in total. The van der Waals surface area contributed by atoms with Crippen molar-refractivity contribution >= 4 is 64.3 Å². The van der Waals surface area contributed by atoms with Crippen LogP contribution in [0.25, 0.3) is 0 Å². The minimum Gasteiger partial charge on any atom is -0.459 e. The fourth-order valence-corrected chi connectivity index (χ4v) is 4.25. The third-order valence-corrected chi connectivity index (χ3v) is 6.79. The van der Waals surface area contributed by atoms with E-state index in [0.717, 1.165) is 11.8 Å². The van der Waals surface area contributed by atoms with Crippen LogP contribution in [-0.4, -0.2) is 66.1 Å². The van der Waals surface area contributed by atoms with Gasteiger partial charge in [0.05, 0.1) is 27.1 Å². The molecule has 2 heterocycles. The topological polar surface area (TPSA) is 80.1 Å². The van der Waals surface area contributed by atoms with Crippen molar-refractivity contribution in [2.24, 2.45) is 0 Å². The van der Waals surface area contributed by atoms with Crippen LogP contribution >= 0.6 is 46.6 Å². The summed E-state index contributed by atoms with van der Waals surface area (Å²) >= 11 is 19.1. The first-order chi connectivity index (χ1) is 14.4. The van der Waals surface area contributed by atoms with Gasteiger partial charge in [-0.15, -0.1) is 11.8 Å². The van der Waals surface area contributed by atoms with E-state index < -0.39 is 5.97 Å². The molecular formula is C19H17Cl3N2O5S. The highest BCUT2D eigenvalue weighted by Crippen LogP contribution is 2.37. The normalized spacial score (nSPS) is 14.0. The number of hydrogen-bond donors (Lipinski definition) is 0. The molecule has 2 amide bonds. The molecule has 2 aromatic rings. The van der Waals surface area contributed by atoms with E-state index in [4.69, 9.17) is 44.0 Å². The average Bonchev–Trinajstić information content (AvgIpc) is 3.30. The second kappa shape index (κ2) is 10.4. The van der Waals surface area contributed by atoms with Gasteiger partial charge in [-0.3, -0.25) is 14.4 Å². The van der Waals surface area contributed by atoms with Gasteiger partial charge in [0.1, 0.15) is 0 Å². The second-order valence-electron chi connectivity index (χ2n) is 6.27. The van der Waals surface area contributed by atoms with Crippen LogP contribution in [0.15, 0.2) is 39.8 Å². The van der Waals surface area contributed by atoms with Gasteiger partial charge in [-0.05, 0) is 24.3 Å². The molecule has 0 radical (unpaired) electrons. The highest BCUT2D eigenvalue weighted by Gasteiger charge is 2.26. The Morgan fingerprint density at radius 3 is 2.37 bits per heavy atom. The van der Waals surface area contributed by atoms with E-state index >= 15 is 0 Å². The summed E-state index contributed by atoms with van der Waals surface area (Å²) in [7, 11) is 0. The van der Waals surface area contributed by atoms with Crippen LogP contribution in [0.1, 0.15) is 10.6 Å². The van der Waals surface area contributed by atoms with Crippen molar-refractivity contribution in [3.63, 3.8) is 0 Å². The van der Waals surface area contributed by atoms with E-state index in [0.29, 0.717) is 36.1 Å². The zero-order valence-electron chi connectivity index (χ0n) is 15.6. The summed E-state index contributed by atoms with van der Waals surface area (Å²) in [5.41, 5.74) is 0. The molecule has 160 valence electrons. The van der Waals surface area contributed by atoms with Crippen LogP contribution < -0.4 is 0 Å². The highest BCUT2D eigenvalue weighted by atomic mass is 35.5. The third-order valence-electron chi connectivity index (χ3n) is 4.35. The molecule has 30 heavy (non-hydrogen) atoms. The van der Waals surface area contributed by atoms with Crippen molar-refractivity contribution in [1.82, 2.24) is 9.80 Å². The molecule has 0 N–H and O–H groups in total. The summed E-state index contributed by atoms with van der Waals surface area (Å²) in [6, 6.07) is 6.49. The standard InChI is InChI=1S/C19H17Cl3N2O5S/c20-12-3-4-14(18(22)17(12)21)30-11-16(26)29-10-15(25)23-5-7-24(8-6-23)19(27)13-2-1-9-28-13/h1-4,9H,5-8,10-11H2. The lowest BCUT2D eigenvalue weighted by Gasteiger charge is -2.34. The van der Waals surface area contributed by atoms with Gasteiger partial charge >= 0.3 is 5.97 Å². The number of thioether (sulfide) groups is 1. The fourth-order valence-electron chi connectivity index (χ4n) is 2.75. The number of piperazine rings is 1. The Hall–Kier alpha value is -1.87. The second-order valence-corrected chi connectivity index (χ2v) is 8.45. The van der Waals surface area contributed by atoms with Gasteiger partial charge in [0.25, 0.3) is 11.8 Å². The number of halogens is 3. The minimum absolute atomic E-state index is 0.0314. The number of ether oxygens (including phenoxy) is 1. The van der Waals surface area contributed by atoms with Crippen LogP contribution in [-0.2, 0) is 14.3 Å². The van der Waals surface area contributed by atoms with Gasteiger partial charge < -0.3 is 19.0 Å². The maximum atomic E-state index is 12.3. The van der Waals surface area contributed by atoms with Crippen molar-refractivity contribution in [3.05, 3.63) is 51.4 Å². The number of esters is 1. The Bertz CT molecular complexity index is 931. The van der Waals surface area contributed by atoms with Crippen molar-refractivity contribution in [2.75, 3.05) is 38.5 Å². The van der Waals surface area contributed by atoms with Crippen LogP contribution in [0, 0.1) is 0 Å². The average molecular weight is 492 g/mol. The molecule has 1 aliphatic rings. The predicted molar refractivity (Wildman–Crippen MR) is 114 cm³/mol. The lowest BCUT2D eigenvalue weighted by Crippen LogP contribution is -2.51. The zero-order chi connectivity index (χ0) is 21.7. The monoisotopic (exact) mass is 490 g/mol. The number of hydrogen-bond acceptors (Lipinski definition) is 6. The number of carbonyl (C=O) groups excluding carboxylic acids is 3. The summed E-state index contributed by atoms with van der Waals surface area (Å²) < 4.78 is 10.2. The van der Waals surface area contributed by atoms with Gasteiger partial charge in [0.15, 0.2) is 12.4 Å². The van der Waals surface area contributed by atoms with Crippen LogP contribution in [0.3, 0.4) is 0 Å². The molecule has 1 aliphatic heterocycles. The van der Waals surface area contributed by atoms with Gasteiger partial charge in [0, 0.05) is 31.1 Å². The summed E-state index contributed by atoms with van der Waals surface area (Å²) in [6.45, 7) is 1.11. The van der Waals surface area contributed by atoms with E-state index in [9.17, 15) is 14.4 Å². The van der Waals surface area contributed by atoms with E-state index in [1.165, 1.54) is 6.26 Å². The molecular weight excluding hydrogens is 475 g/mol.